The van der Waals surface area contributed by atoms with Crippen LogP contribution in [0.3, 0.4) is 0 Å². The number of hydrogen-bond donors (Lipinski definition) is 1. The number of aromatic nitrogens is 2. The fraction of sp³-hybridized carbons (Fsp3) is 0.455. The SMILES string of the molecule is C1=CC2OCN(c3ncccn3)CC2CN1. The molecule has 0 saturated carbocycles. The summed E-state index contributed by atoms with van der Waals surface area (Å²) in [6.45, 7) is 2.45. The second kappa shape index (κ2) is 4.09. The van der Waals surface area contributed by atoms with Crippen molar-refractivity contribution in [2.45, 2.75) is 6.10 Å². The maximum atomic E-state index is 5.77. The van der Waals surface area contributed by atoms with Crippen molar-refractivity contribution in [1.29, 1.82) is 0 Å². The zero-order valence-corrected chi connectivity index (χ0v) is 8.91. The van der Waals surface area contributed by atoms with Gasteiger partial charge in [-0.2, -0.15) is 0 Å². The molecule has 0 spiro atoms. The van der Waals surface area contributed by atoms with Gasteiger partial charge < -0.3 is 15.0 Å². The summed E-state index contributed by atoms with van der Waals surface area (Å²) in [5.41, 5.74) is 0. The summed E-state index contributed by atoms with van der Waals surface area (Å²) in [5, 5.41) is 3.23. The molecule has 1 aromatic heterocycles. The third kappa shape index (κ3) is 1.74. The molecule has 0 aliphatic carbocycles. The Morgan fingerprint density at radius 1 is 1.38 bits per heavy atom. The van der Waals surface area contributed by atoms with Gasteiger partial charge in [-0.1, -0.05) is 0 Å². The molecule has 2 atom stereocenters. The Morgan fingerprint density at radius 3 is 3.12 bits per heavy atom. The first-order valence-corrected chi connectivity index (χ1v) is 5.47. The Kier molecular flexibility index (Phi) is 2.46. The van der Waals surface area contributed by atoms with Crippen LogP contribution in [0.1, 0.15) is 0 Å². The van der Waals surface area contributed by atoms with Crippen LogP contribution in [-0.2, 0) is 4.74 Å². The van der Waals surface area contributed by atoms with E-state index in [0.29, 0.717) is 12.6 Å². The normalized spacial score (nSPS) is 28.4. The van der Waals surface area contributed by atoms with E-state index < -0.39 is 0 Å². The molecule has 16 heavy (non-hydrogen) atoms. The van der Waals surface area contributed by atoms with Crippen LogP contribution in [0.25, 0.3) is 0 Å². The second-order valence-corrected chi connectivity index (χ2v) is 4.06. The van der Waals surface area contributed by atoms with Crippen LogP contribution >= 0.6 is 0 Å². The minimum absolute atomic E-state index is 0.237. The average molecular weight is 218 g/mol. The van der Waals surface area contributed by atoms with Crippen LogP contribution in [0.5, 0.6) is 0 Å². The van der Waals surface area contributed by atoms with Crippen molar-refractivity contribution in [2.75, 3.05) is 24.7 Å². The highest BCUT2D eigenvalue weighted by molar-refractivity contribution is 5.29. The molecule has 0 aromatic carbocycles. The van der Waals surface area contributed by atoms with Crippen LogP contribution in [0, 0.1) is 5.92 Å². The van der Waals surface area contributed by atoms with E-state index in [0.717, 1.165) is 19.0 Å². The molecule has 0 bridgehead atoms. The lowest BCUT2D eigenvalue weighted by molar-refractivity contribution is 0.0122. The van der Waals surface area contributed by atoms with Crippen LogP contribution in [0.2, 0.25) is 0 Å². The minimum Gasteiger partial charge on any atom is -0.391 e. The van der Waals surface area contributed by atoms with Crippen molar-refractivity contribution in [2.24, 2.45) is 5.92 Å². The van der Waals surface area contributed by atoms with Gasteiger partial charge in [0.05, 0.1) is 6.10 Å². The number of rotatable bonds is 1. The van der Waals surface area contributed by atoms with Crippen LogP contribution in [0.4, 0.5) is 5.95 Å². The zero-order valence-electron chi connectivity index (χ0n) is 8.91. The van der Waals surface area contributed by atoms with Crippen molar-refractivity contribution in [3.05, 3.63) is 30.7 Å². The first kappa shape index (κ1) is 9.59. The number of hydrogen-bond acceptors (Lipinski definition) is 5. The van der Waals surface area contributed by atoms with Crippen LogP contribution in [-0.4, -0.2) is 35.9 Å². The fourth-order valence-corrected chi connectivity index (χ4v) is 2.12. The van der Waals surface area contributed by atoms with Gasteiger partial charge in [-0.3, -0.25) is 0 Å². The molecule has 0 amide bonds. The van der Waals surface area contributed by atoms with Gasteiger partial charge in [0.25, 0.3) is 0 Å². The summed E-state index contributed by atoms with van der Waals surface area (Å²) in [6.07, 6.45) is 7.80. The van der Waals surface area contributed by atoms with E-state index in [-0.39, 0.29) is 6.10 Å². The van der Waals surface area contributed by atoms with Crippen molar-refractivity contribution in [3.8, 4) is 0 Å². The Bertz CT molecular complexity index is 381. The van der Waals surface area contributed by atoms with Gasteiger partial charge in [0.1, 0.15) is 6.73 Å². The van der Waals surface area contributed by atoms with Crippen molar-refractivity contribution >= 4 is 5.95 Å². The second-order valence-electron chi connectivity index (χ2n) is 4.06. The molecule has 2 unspecified atom stereocenters. The van der Waals surface area contributed by atoms with Crippen molar-refractivity contribution in [3.63, 3.8) is 0 Å². The summed E-state index contributed by atoms with van der Waals surface area (Å²) in [7, 11) is 0. The van der Waals surface area contributed by atoms with E-state index in [1.54, 1.807) is 12.4 Å². The van der Waals surface area contributed by atoms with E-state index in [1.165, 1.54) is 0 Å². The molecule has 84 valence electrons. The maximum Gasteiger partial charge on any atom is 0.227 e. The van der Waals surface area contributed by atoms with Gasteiger partial charge in [-0.25, -0.2) is 9.97 Å². The molecule has 3 heterocycles. The fourth-order valence-electron chi connectivity index (χ4n) is 2.12. The van der Waals surface area contributed by atoms with E-state index in [2.05, 4.69) is 26.3 Å². The third-order valence-electron chi connectivity index (χ3n) is 2.96. The zero-order chi connectivity index (χ0) is 10.8. The standard InChI is InChI=1S/C11H14N4O/c1-3-13-11(14-4-1)15-7-9-6-12-5-2-10(9)16-8-15/h1-5,9-10,12H,6-8H2. The van der Waals surface area contributed by atoms with Crippen molar-refractivity contribution in [1.82, 2.24) is 15.3 Å². The average Bonchev–Trinajstić information content (AvgIpc) is 2.39. The summed E-state index contributed by atoms with van der Waals surface area (Å²) in [6, 6.07) is 1.82. The lowest BCUT2D eigenvalue weighted by Crippen LogP contribution is -2.49. The molecule has 1 fully saturated rings. The first-order chi connectivity index (χ1) is 7.93. The highest BCUT2D eigenvalue weighted by Gasteiger charge is 2.30. The smallest absolute Gasteiger partial charge is 0.227 e. The van der Waals surface area contributed by atoms with Crippen LogP contribution in [0.15, 0.2) is 30.7 Å². The molecular weight excluding hydrogens is 204 g/mol. The van der Waals surface area contributed by atoms with Crippen LogP contribution < -0.4 is 10.2 Å². The third-order valence-corrected chi connectivity index (χ3v) is 2.96. The number of anilines is 1. The molecule has 0 radical (unpaired) electrons. The number of fused-ring (bicyclic) bond motifs is 1. The predicted molar refractivity (Wildman–Crippen MR) is 59.8 cm³/mol. The Morgan fingerprint density at radius 2 is 2.25 bits per heavy atom. The summed E-state index contributed by atoms with van der Waals surface area (Å²) >= 11 is 0. The van der Waals surface area contributed by atoms with E-state index in [1.807, 2.05) is 12.3 Å². The largest absolute Gasteiger partial charge is 0.391 e. The highest BCUT2D eigenvalue weighted by Crippen LogP contribution is 2.21. The van der Waals surface area contributed by atoms with Gasteiger partial charge >= 0.3 is 0 Å². The van der Waals surface area contributed by atoms with E-state index >= 15 is 0 Å². The lowest BCUT2D eigenvalue weighted by atomic mass is 9.98. The number of nitrogens with zero attached hydrogens (tertiary/aromatic N) is 3. The lowest BCUT2D eigenvalue weighted by Gasteiger charge is -2.38. The predicted octanol–water partition coefficient (Wildman–Crippen LogP) is 0.372. The Labute approximate surface area is 94.1 Å². The minimum atomic E-state index is 0.237. The Balaban J connectivity index is 1.74. The molecule has 3 rings (SSSR count). The Hall–Kier alpha value is -1.62. The summed E-state index contributed by atoms with van der Waals surface area (Å²) in [5.74, 6) is 1.22. The topological polar surface area (TPSA) is 50.3 Å². The molecular formula is C11H14N4O. The maximum absolute atomic E-state index is 5.77. The number of nitrogens with one attached hydrogen (secondary N) is 1. The van der Waals surface area contributed by atoms with Gasteiger partial charge in [0.2, 0.25) is 5.95 Å². The molecule has 2 aliphatic rings. The van der Waals surface area contributed by atoms with Gasteiger partial charge in [-0.15, -0.1) is 0 Å². The van der Waals surface area contributed by atoms with Gasteiger partial charge in [0, 0.05) is 31.4 Å². The molecule has 5 nitrogen and oxygen atoms in total. The molecule has 1 aromatic rings. The quantitative estimate of drug-likeness (QED) is 0.738. The first-order valence-electron chi connectivity index (χ1n) is 5.47. The molecule has 1 saturated heterocycles. The van der Waals surface area contributed by atoms with Crippen molar-refractivity contribution < 1.29 is 4.74 Å². The van der Waals surface area contributed by atoms with Gasteiger partial charge in [0.15, 0.2) is 0 Å². The summed E-state index contributed by atoms with van der Waals surface area (Å²) < 4.78 is 5.77. The van der Waals surface area contributed by atoms with Gasteiger partial charge in [-0.05, 0) is 18.3 Å². The molecule has 1 N–H and O–H groups in total. The number of ether oxygens (including phenoxy) is 1. The monoisotopic (exact) mass is 218 g/mol. The highest BCUT2D eigenvalue weighted by atomic mass is 16.5. The van der Waals surface area contributed by atoms with E-state index in [4.69, 9.17) is 4.74 Å². The summed E-state index contributed by atoms with van der Waals surface area (Å²) in [4.78, 5) is 10.5. The van der Waals surface area contributed by atoms with E-state index in [9.17, 15) is 0 Å². The molecule has 5 heteroatoms. The molecule has 2 aliphatic heterocycles.